The lowest BCUT2D eigenvalue weighted by Crippen LogP contribution is -2.31. The maximum Gasteiger partial charge on any atom is 0.334 e. The zero-order valence-electron chi connectivity index (χ0n) is 18.0. The molecule has 1 saturated heterocycles. The smallest absolute Gasteiger partial charge is 0.334 e. The highest BCUT2D eigenvalue weighted by atomic mass is 16.5. The lowest BCUT2D eigenvalue weighted by atomic mass is 10.2. The average Bonchev–Trinajstić information content (AvgIpc) is 3.45. The normalized spacial score (nSPS) is 15.6. The van der Waals surface area contributed by atoms with Gasteiger partial charge in [-0.3, -0.25) is 23.9 Å². The summed E-state index contributed by atoms with van der Waals surface area (Å²) in [5, 5.41) is 0. The van der Waals surface area contributed by atoms with E-state index in [4.69, 9.17) is 4.74 Å². The van der Waals surface area contributed by atoms with E-state index in [2.05, 4.69) is 16.5 Å². The Morgan fingerprint density at radius 3 is 2.73 bits per heavy atom. The van der Waals surface area contributed by atoms with Crippen LogP contribution in [-0.4, -0.2) is 43.0 Å². The average molecular weight is 441 g/mol. The monoisotopic (exact) mass is 441 g/mol. The van der Waals surface area contributed by atoms with E-state index in [-0.39, 0.29) is 17.6 Å². The van der Waals surface area contributed by atoms with Crippen LogP contribution in [0.4, 0.5) is 0 Å². The number of hydrogen-bond acceptors (Lipinski definition) is 5. The maximum atomic E-state index is 13.6. The Morgan fingerprint density at radius 1 is 1.12 bits per heavy atom. The number of amides is 1. The summed E-state index contributed by atoms with van der Waals surface area (Å²) in [6, 6.07) is 14.8. The highest BCUT2D eigenvalue weighted by Crippen LogP contribution is 2.27. The van der Waals surface area contributed by atoms with E-state index in [0.717, 1.165) is 22.4 Å². The zero-order valence-corrected chi connectivity index (χ0v) is 18.0. The number of nitrogens with zero attached hydrogens (tertiary/aromatic N) is 5. The molecule has 8 nitrogen and oxygen atoms in total. The van der Waals surface area contributed by atoms with Crippen LogP contribution in [0.5, 0.6) is 5.75 Å². The molecular formula is C25H23N5O3. The number of ether oxygens (including phenoxy) is 1. The third-order valence-electron chi connectivity index (χ3n) is 5.90. The molecule has 1 aliphatic rings. The molecule has 3 aromatic heterocycles. The van der Waals surface area contributed by atoms with Gasteiger partial charge in [0.2, 0.25) is 5.91 Å². The number of hydrogen-bond donors (Lipinski definition) is 0. The van der Waals surface area contributed by atoms with Crippen LogP contribution in [0, 0.1) is 0 Å². The van der Waals surface area contributed by atoms with Gasteiger partial charge >= 0.3 is 5.69 Å². The van der Waals surface area contributed by atoms with E-state index in [9.17, 15) is 9.59 Å². The van der Waals surface area contributed by atoms with E-state index in [1.54, 1.807) is 32.6 Å². The molecule has 0 aliphatic carbocycles. The van der Waals surface area contributed by atoms with Crippen molar-refractivity contribution in [1.29, 1.82) is 0 Å². The molecule has 8 heteroatoms. The fourth-order valence-electron chi connectivity index (χ4n) is 4.29. The number of likely N-dealkylation sites (tertiary alicyclic amines) is 1. The molecule has 1 atom stereocenters. The van der Waals surface area contributed by atoms with Crippen LogP contribution in [0.25, 0.3) is 16.7 Å². The van der Waals surface area contributed by atoms with Gasteiger partial charge in [-0.1, -0.05) is 12.6 Å². The lowest BCUT2D eigenvalue weighted by Gasteiger charge is -2.15. The summed E-state index contributed by atoms with van der Waals surface area (Å²) < 4.78 is 9.25. The van der Waals surface area contributed by atoms with Crippen molar-refractivity contribution in [1.82, 2.24) is 24.0 Å². The Kier molecular flexibility index (Phi) is 5.48. The van der Waals surface area contributed by atoms with Crippen molar-refractivity contribution in [3.05, 3.63) is 96.0 Å². The Bertz CT molecular complexity index is 1360. The van der Waals surface area contributed by atoms with Crippen LogP contribution in [-0.2, 0) is 11.4 Å². The number of fused-ring (bicyclic) bond motifs is 1. The van der Waals surface area contributed by atoms with E-state index >= 15 is 0 Å². The van der Waals surface area contributed by atoms with Crippen LogP contribution >= 0.6 is 0 Å². The molecule has 1 fully saturated rings. The summed E-state index contributed by atoms with van der Waals surface area (Å²) in [7, 11) is 0. The highest BCUT2D eigenvalue weighted by Gasteiger charge is 2.29. The molecule has 4 aromatic rings. The minimum atomic E-state index is -0.155. The van der Waals surface area contributed by atoms with Gasteiger partial charge in [-0.05, 0) is 55.0 Å². The van der Waals surface area contributed by atoms with E-state index in [1.165, 1.54) is 6.08 Å². The quantitative estimate of drug-likeness (QED) is 0.430. The second-order valence-corrected chi connectivity index (χ2v) is 7.89. The summed E-state index contributed by atoms with van der Waals surface area (Å²) in [6.45, 7) is 5.01. The number of benzene rings is 1. The van der Waals surface area contributed by atoms with Gasteiger partial charge in [0.1, 0.15) is 12.4 Å². The third-order valence-corrected chi connectivity index (χ3v) is 5.90. The minimum absolute atomic E-state index is 0.103. The molecule has 0 N–H and O–H groups in total. The summed E-state index contributed by atoms with van der Waals surface area (Å²) in [5.41, 5.74) is 2.92. The van der Waals surface area contributed by atoms with Crippen LogP contribution in [0.2, 0.25) is 0 Å². The van der Waals surface area contributed by atoms with E-state index in [1.807, 2.05) is 48.5 Å². The largest absolute Gasteiger partial charge is 0.487 e. The molecular weight excluding hydrogens is 418 g/mol. The van der Waals surface area contributed by atoms with E-state index in [0.29, 0.717) is 31.9 Å². The summed E-state index contributed by atoms with van der Waals surface area (Å²) in [4.78, 5) is 35.8. The maximum absolute atomic E-state index is 13.6. The van der Waals surface area contributed by atoms with Crippen molar-refractivity contribution in [3.63, 3.8) is 0 Å². The molecule has 33 heavy (non-hydrogen) atoms. The van der Waals surface area contributed by atoms with Gasteiger partial charge in [-0.25, -0.2) is 4.79 Å². The predicted molar refractivity (Wildman–Crippen MR) is 124 cm³/mol. The molecule has 0 radical (unpaired) electrons. The topological polar surface area (TPSA) is 82.2 Å². The molecule has 166 valence electrons. The zero-order chi connectivity index (χ0) is 22.8. The van der Waals surface area contributed by atoms with Crippen LogP contribution < -0.4 is 10.4 Å². The van der Waals surface area contributed by atoms with Crippen molar-refractivity contribution in [2.24, 2.45) is 0 Å². The SMILES string of the molecule is C=CC(=O)N1CCC(n2c(=O)n(-c3ccc(OCc4ccccn4)cc3)c3cnccc32)C1. The Morgan fingerprint density at radius 2 is 1.97 bits per heavy atom. The molecule has 0 spiro atoms. The van der Waals surface area contributed by atoms with Crippen molar-refractivity contribution < 1.29 is 9.53 Å². The third kappa shape index (κ3) is 3.91. The van der Waals surface area contributed by atoms with Crippen molar-refractivity contribution in [3.8, 4) is 11.4 Å². The minimum Gasteiger partial charge on any atom is -0.487 e. The highest BCUT2D eigenvalue weighted by molar-refractivity contribution is 5.87. The fraction of sp³-hybridized carbons (Fsp3) is 0.200. The summed E-state index contributed by atoms with van der Waals surface area (Å²) >= 11 is 0. The number of rotatable bonds is 6. The molecule has 5 rings (SSSR count). The van der Waals surface area contributed by atoms with Crippen molar-refractivity contribution >= 4 is 16.9 Å². The second-order valence-electron chi connectivity index (χ2n) is 7.89. The predicted octanol–water partition coefficient (Wildman–Crippen LogP) is 3.12. The van der Waals surface area contributed by atoms with E-state index < -0.39 is 0 Å². The molecule has 1 amide bonds. The summed E-state index contributed by atoms with van der Waals surface area (Å²) in [6.07, 6.45) is 7.13. The number of carbonyl (C=O) groups is 1. The van der Waals surface area contributed by atoms with Gasteiger partial charge in [0.05, 0.1) is 34.7 Å². The molecule has 4 heterocycles. The first-order chi connectivity index (χ1) is 16.2. The number of aromatic nitrogens is 4. The van der Waals surface area contributed by atoms with Gasteiger partial charge in [0, 0.05) is 25.5 Å². The first-order valence-electron chi connectivity index (χ1n) is 10.8. The Labute approximate surface area is 190 Å². The van der Waals surface area contributed by atoms with Crippen molar-refractivity contribution in [2.45, 2.75) is 19.1 Å². The van der Waals surface area contributed by atoms with Gasteiger partial charge in [-0.2, -0.15) is 0 Å². The van der Waals surface area contributed by atoms with Crippen LogP contribution in [0.3, 0.4) is 0 Å². The molecule has 0 saturated carbocycles. The first-order valence-corrected chi connectivity index (χ1v) is 10.8. The molecule has 1 aliphatic heterocycles. The Balaban J connectivity index is 1.45. The Hall–Kier alpha value is -4.20. The van der Waals surface area contributed by atoms with Gasteiger partial charge in [0.25, 0.3) is 0 Å². The fourth-order valence-corrected chi connectivity index (χ4v) is 4.29. The summed E-state index contributed by atoms with van der Waals surface area (Å²) in [5.74, 6) is 0.575. The van der Waals surface area contributed by atoms with Gasteiger partial charge in [-0.15, -0.1) is 0 Å². The number of carbonyl (C=O) groups excluding carboxylic acids is 1. The molecule has 1 aromatic carbocycles. The lowest BCUT2D eigenvalue weighted by molar-refractivity contribution is -0.125. The molecule has 1 unspecified atom stereocenters. The standard InChI is InChI=1S/C25H23N5O3/c1-2-24(31)28-14-11-20(16-28)30-22-10-13-26-15-23(22)29(25(30)32)19-6-8-21(9-7-19)33-17-18-5-3-4-12-27-18/h2-10,12-13,15,20H,1,11,14,16-17H2. The molecule has 0 bridgehead atoms. The number of pyridine rings is 2. The van der Waals surface area contributed by atoms with Gasteiger partial charge < -0.3 is 9.64 Å². The van der Waals surface area contributed by atoms with Crippen LogP contribution in [0.1, 0.15) is 18.2 Å². The number of imidazole rings is 1. The van der Waals surface area contributed by atoms with Crippen molar-refractivity contribution in [2.75, 3.05) is 13.1 Å². The van der Waals surface area contributed by atoms with Gasteiger partial charge in [0.15, 0.2) is 0 Å². The first kappa shape index (κ1) is 20.7. The van der Waals surface area contributed by atoms with Crippen LogP contribution in [0.15, 0.2) is 84.6 Å². The second kappa shape index (κ2) is 8.74.